The topological polar surface area (TPSA) is 38.9 Å². The third-order valence-corrected chi connectivity index (χ3v) is 2.72. The zero-order valence-corrected chi connectivity index (χ0v) is 7.96. The standard InChI is InChI=1S/C10H11F3N2/c11-10(12,13)9-5-6(1-2-15-9)7-3-8(14)4-7/h1-2,5,7-8H,3-4,14H2. The fourth-order valence-electron chi connectivity index (χ4n) is 1.79. The van der Waals surface area contributed by atoms with Crippen LogP contribution < -0.4 is 5.73 Å². The summed E-state index contributed by atoms with van der Waals surface area (Å²) in [6.07, 6.45) is -1.62. The van der Waals surface area contributed by atoms with Crippen LogP contribution in [-0.2, 0) is 6.18 Å². The van der Waals surface area contributed by atoms with E-state index in [1.807, 2.05) is 0 Å². The summed E-state index contributed by atoms with van der Waals surface area (Å²) in [5, 5.41) is 0. The molecule has 0 spiro atoms. The number of alkyl halides is 3. The fraction of sp³-hybridized carbons (Fsp3) is 0.500. The van der Waals surface area contributed by atoms with Crippen LogP contribution in [0.15, 0.2) is 18.3 Å². The largest absolute Gasteiger partial charge is 0.433 e. The first-order chi connectivity index (χ1) is 6.97. The Morgan fingerprint density at radius 3 is 2.53 bits per heavy atom. The third kappa shape index (κ3) is 2.12. The summed E-state index contributed by atoms with van der Waals surface area (Å²) in [5.74, 6) is 0.170. The summed E-state index contributed by atoms with van der Waals surface area (Å²) in [5.41, 5.74) is 5.47. The molecular weight excluding hydrogens is 205 g/mol. The van der Waals surface area contributed by atoms with E-state index in [1.165, 1.54) is 6.20 Å². The second-order valence-corrected chi connectivity index (χ2v) is 3.90. The zero-order valence-electron chi connectivity index (χ0n) is 7.96. The lowest BCUT2D eigenvalue weighted by molar-refractivity contribution is -0.141. The highest BCUT2D eigenvalue weighted by Crippen LogP contribution is 2.37. The maximum Gasteiger partial charge on any atom is 0.433 e. The Balaban J connectivity index is 2.20. The van der Waals surface area contributed by atoms with Crippen molar-refractivity contribution in [2.75, 3.05) is 0 Å². The van der Waals surface area contributed by atoms with Gasteiger partial charge in [-0.15, -0.1) is 0 Å². The molecule has 0 bridgehead atoms. The summed E-state index contributed by atoms with van der Waals surface area (Å²) in [4.78, 5) is 3.31. The normalized spacial score (nSPS) is 26.1. The maximum atomic E-state index is 12.3. The molecule has 82 valence electrons. The average molecular weight is 216 g/mol. The highest BCUT2D eigenvalue weighted by atomic mass is 19.4. The Labute approximate surface area is 85.3 Å². The van der Waals surface area contributed by atoms with Gasteiger partial charge in [-0.1, -0.05) is 0 Å². The van der Waals surface area contributed by atoms with Crippen molar-refractivity contribution in [2.45, 2.75) is 31.0 Å². The molecule has 1 aromatic rings. The van der Waals surface area contributed by atoms with Crippen molar-refractivity contribution in [1.29, 1.82) is 0 Å². The van der Waals surface area contributed by atoms with E-state index in [2.05, 4.69) is 4.98 Å². The second kappa shape index (κ2) is 3.48. The SMILES string of the molecule is NC1CC(c2ccnc(C(F)(F)F)c2)C1. The van der Waals surface area contributed by atoms with Gasteiger partial charge in [0.15, 0.2) is 0 Å². The number of nitrogens with zero attached hydrogens (tertiary/aromatic N) is 1. The van der Waals surface area contributed by atoms with Gasteiger partial charge in [0, 0.05) is 12.2 Å². The number of rotatable bonds is 1. The summed E-state index contributed by atoms with van der Waals surface area (Å²) in [7, 11) is 0. The Kier molecular flexibility index (Phi) is 2.42. The number of halogens is 3. The lowest BCUT2D eigenvalue weighted by Gasteiger charge is -2.32. The molecule has 1 heterocycles. The van der Waals surface area contributed by atoms with Gasteiger partial charge < -0.3 is 5.73 Å². The number of hydrogen-bond donors (Lipinski definition) is 1. The van der Waals surface area contributed by atoms with Crippen LogP contribution in [0.4, 0.5) is 13.2 Å². The molecule has 0 saturated heterocycles. The third-order valence-electron chi connectivity index (χ3n) is 2.72. The maximum absolute atomic E-state index is 12.3. The highest BCUT2D eigenvalue weighted by molar-refractivity contribution is 5.24. The molecule has 0 atom stereocenters. The van der Waals surface area contributed by atoms with Crippen LogP contribution >= 0.6 is 0 Å². The van der Waals surface area contributed by atoms with E-state index in [0.717, 1.165) is 18.9 Å². The van der Waals surface area contributed by atoms with Gasteiger partial charge in [-0.2, -0.15) is 13.2 Å². The second-order valence-electron chi connectivity index (χ2n) is 3.90. The molecule has 1 fully saturated rings. The van der Waals surface area contributed by atoms with E-state index in [1.54, 1.807) is 6.07 Å². The van der Waals surface area contributed by atoms with Crippen molar-refractivity contribution in [2.24, 2.45) is 5.73 Å². The molecule has 1 aliphatic carbocycles. The lowest BCUT2D eigenvalue weighted by Crippen LogP contribution is -2.34. The van der Waals surface area contributed by atoms with Crippen molar-refractivity contribution in [1.82, 2.24) is 4.98 Å². The van der Waals surface area contributed by atoms with Crippen molar-refractivity contribution < 1.29 is 13.2 Å². The summed E-state index contributed by atoms with van der Waals surface area (Å²) < 4.78 is 37.0. The summed E-state index contributed by atoms with van der Waals surface area (Å²) >= 11 is 0. The Morgan fingerprint density at radius 1 is 1.33 bits per heavy atom. The molecule has 0 aromatic carbocycles. The van der Waals surface area contributed by atoms with E-state index in [-0.39, 0.29) is 12.0 Å². The Morgan fingerprint density at radius 2 is 2.00 bits per heavy atom. The molecule has 5 heteroatoms. The van der Waals surface area contributed by atoms with Crippen LogP contribution in [0.2, 0.25) is 0 Å². The van der Waals surface area contributed by atoms with Gasteiger partial charge in [-0.05, 0) is 36.5 Å². The van der Waals surface area contributed by atoms with Crippen molar-refractivity contribution in [3.05, 3.63) is 29.6 Å². The molecule has 0 aliphatic heterocycles. The van der Waals surface area contributed by atoms with Gasteiger partial charge in [0.25, 0.3) is 0 Å². The van der Waals surface area contributed by atoms with Crippen LogP contribution in [0.1, 0.15) is 30.0 Å². The van der Waals surface area contributed by atoms with Crippen LogP contribution in [0.25, 0.3) is 0 Å². The first-order valence-electron chi connectivity index (χ1n) is 4.75. The van der Waals surface area contributed by atoms with Gasteiger partial charge in [0.1, 0.15) is 5.69 Å². The Bertz CT molecular complexity index is 356. The monoisotopic (exact) mass is 216 g/mol. The van der Waals surface area contributed by atoms with Crippen LogP contribution in [0, 0.1) is 0 Å². The van der Waals surface area contributed by atoms with Crippen LogP contribution in [-0.4, -0.2) is 11.0 Å². The van der Waals surface area contributed by atoms with Crippen molar-refractivity contribution >= 4 is 0 Å². The molecule has 1 saturated carbocycles. The first-order valence-corrected chi connectivity index (χ1v) is 4.75. The predicted octanol–water partition coefficient (Wildman–Crippen LogP) is 2.31. The quantitative estimate of drug-likeness (QED) is 0.782. The molecule has 1 aromatic heterocycles. The van der Waals surface area contributed by atoms with Gasteiger partial charge in [-0.3, -0.25) is 4.98 Å². The van der Waals surface area contributed by atoms with E-state index in [0.29, 0.717) is 5.56 Å². The molecule has 2 nitrogen and oxygen atoms in total. The minimum absolute atomic E-state index is 0.137. The van der Waals surface area contributed by atoms with E-state index in [9.17, 15) is 13.2 Å². The molecule has 2 N–H and O–H groups in total. The molecule has 2 rings (SSSR count). The van der Waals surface area contributed by atoms with E-state index in [4.69, 9.17) is 5.73 Å². The average Bonchev–Trinajstić information content (AvgIpc) is 2.12. The highest BCUT2D eigenvalue weighted by Gasteiger charge is 2.34. The van der Waals surface area contributed by atoms with Crippen LogP contribution in [0.5, 0.6) is 0 Å². The summed E-state index contributed by atoms with van der Waals surface area (Å²) in [6.45, 7) is 0. The predicted molar refractivity (Wildman–Crippen MR) is 49.2 cm³/mol. The number of nitrogens with two attached hydrogens (primary N) is 1. The van der Waals surface area contributed by atoms with Gasteiger partial charge in [-0.25, -0.2) is 0 Å². The molecule has 15 heavy (non-hydrogen) atoms. The summed E-state index contributed by atoms with van der Waals surface area (Å²) in [6, 6.07) is 2.89. The molecular formula is C10H11F3N2. The first kappa shape index (κ1) is 10.4. The van der Waals surface area contributed by atoms with Gasteiger partial charge >= 0.3 is 6.18 Å². The van der Waals surface area contributed by atoms with E-state index >= 15 is 0 Å². The molecule has 0 amide bonds. The van der Waals surface area contributed by atoms with Crippen molar-refractivity contribution in [3.8, 4) is 0 Å². The molecule has 1 aliphatic rings. The molecule has 0 radical (unpaired) electrons. The van der Waals surface area contributed by atoms with Gasteiger partial charge in [0.2, 0.25) is 0 Å². The number of hydrogen-bond acceptors (Lipinski definition) is 2. The smallest absolute Gasteiger partial charge is 0.328 e. The minimum Gasteiger partial charge on any atom is -0.328 e. The van der Waals surface area contributed by atoms with Crippen molar-refractivity contribution in [3.63, 3.8) is 0 Å². The molecule has 0 unspecified atom stereocenters. The Hall–Kier alpha value is -1.10. The fourth-order valence-corrected chi connectivity index (χ4v) is 1.79. The van der Waals surface area contributed by atoms with Gasteiger partial charge in [0.05, 0.1) is 0 Å². The van der Waals surface area contributed by atoms with E-state index < -0.39 is 11.9 Å². The zero-order chi connectivity index (χ0) is 11.1. The van der Waals surface area contributed by atoms with Crippen LogP contribution in [0.3, 0.4) is 0 Å². The number of pyridine rings is 1. The lowest BCUT2D eigenvalue weighted by atomic mass is 9.76. The number of aromatic nitrogens is 1. The minimum atomic E-state index is -4.36.